The van der Waals surface area contributed by atoms with Gasteiger partial charge in [-0.15, -0.1) is 0 Å². The molecule has 1 atom stereocenters. The second kappa shape index (κ2) is 7.24. The number of unbranched alkanes of at least 4 members (excludes halogenated alkanes) is 3. The second-order valence-corrected chi connectivity index (χ2v) is 4.46. The minimum Gasteiger partial charge on any atom is -0.381 e. The van der Waals surface area contributed by atoms with E-state index < -0.39 is 0 Å². The molecule has 2 N–H and O–H groups in total. The summed E-state index contributed by atoms with van der Waals surface area (Å²) in [5.74, 6) is 0.727. The van der Waals surface area contributed by atoms with Gasteiger partial charge in [0.25, 0.3) is 0 Å². The molecule has 0 aromatic rings. The number of rotatable bonds is 6. The third-order valence-corrected chi connectivity index (χ3v) is 3.26. The summed E-state index contributed by atoms with van der Waals surface area (Å²) in [5, 5.41) is 0. The standard InChI is InChI=1S/C12H25NO/c1-2-3-4-5-6-12(13)11-7-9-14-10-8-11/h11-12H,2-10,13H2,1H3. The van der Waals surface area contributed by atoms with Gasteiger partial charge in [-0.05, 0) is 25.2 Å². The number of ether oxygens (including phenoxy) is 1. The molecule has 0 aliphatic carbocycles. The first-order chi connectivity index (χ1) is 6.84. The van der Waals surface area contributed by atoms with Gasteiger partial charge in [-0.3, -0.25) is 0 Å². The Kier molecular flexibility index (Phi) is 6.20. The normalized spacial score (nSPS) is 21.0. The lowest BCUT2D eigenvalue weighted by molar-refractivity contribution is 0.0572. The SMILES string of the molecule is CCCCCCC(N)C1CCOCC1. The van der Waals surface area contributed by atoms with Crippen molar-refractivity contribution in [2.24, 2.45) is 11.7 Å². The van der Waals surface area contributed by atoms with Crippen molar-refractivity contribution in [2.75, 3.05) is 13.2 Å². The van der Waals surface area contributed by atoms with Crippen LogP contribution in [0.2, 0.25) is 0 Å². The van der Waals surface area contributed by atoms with Crippen LogP contribution in [0.4, 0.5) is 0 Å². The average molecular weight is 199 g/mol. The van der Waals surface area contributed by atoms with Crippen molar-refractivity contribution >= 4 is 0 Å². The van der Waals surface area contributed by atoms with Gasteiger partial charge in [0.2, 0.25) is 0 Å². The lowest BCUT2D eigenvalue weighted by Gasteiger charge is -2.27. The van der Waals surface area contributed by atoms with Gasteiger partial charge in [-0.25, -0.2) is 0 Å². The molecular weight excluding hydrogens is 174 g/mol. The molecule has 1 aliphatic rings. The molecule has 84 valence electrons. The van der Waals surface area contributed by atoms with Crippen molar-refractivity contribution in [1.29, 1.82) is 0 Å². The Labute approximate surface area is 88.2 Å². The molecule has 0 bridgehead atoms. The maximum Gasteiger partial charge on any atom is 0.0469 e. The van der Waals surface area contributed by atoms with Crippen molar-refractivity contribution in [3.05, 3.63) is 0 Å². The lowest BCUT2D eigenvalue weighted by atomic mass is 9.89. The quantitative estimate of drug-likeness (QED) is 0.668. The lowest BCUT2D eigenvalue weighted by Crippen LogP contribution is -2.34. The van der Waals surface area contributed by atoms with Gasteiger partial charge >= 0.3 is 0 Å². The van der Waals surface area contributed by atoms with Gasteiger partial charge in [0.1, 0.15) is 0 Å². The van der Waals surface area contributed by atoms with Gasteiger partial charge in [0.15, 0.2) is 0 Å². The molecule has 1 aliphatic heterocycles. The zero-order chi connectivity index (χ0) is 10.2. The van der Waals surface area contributed by atoms with Crippen molar-refractivity contribution in [1.82, 2.24) is 0 Å². The highest BCUT2D eigenvalue weighted by Gasteiger charge is 2.20. The summed E-state index contributed by atoms with van der Waals surface area (Å²) < 4.78 is 5.34. The first kappa shape index (κ1) is 12.0. The molecule has 0 aromatic carbocycles. The summed E-state index contributed by atoms with van der Waals surface area (Å²) >= 11 is 0. The van der Waals surface area contributed by atoms with E-state index in [2.05, 4.69) is 6.92 Å². The number of hydrogen-bond donors (Lipinski definition) is 1. The molecule has 2 heteroatoms. The van der Waals surface area contributed by atoms with E-state index in [9.17, 15) is 0 Å². The Morgan fingerprint density at radius 1 is 1.21 bits per heavy atom. The monoisotopic (exact) mass is 199 g/mol. The van der Waals surface area contributed by atoms with Crippen molar-refractivity contribution < 1.29 is 4.74 Å². The fourth-order valence-corrected chi connectivity index (χ4v) is 2.19. The van der Waals surface area contributed by atoms with Gasteiger partial charge < -0.3 is 10.5 Å². The van der Waals surface area contributed by atoms with Crippen LogP contribution in [0, 0.1) is 5.92 Å². The maximum atomic E-state index is 6.18. The van der Waals surface area contributed by atoms with Crippen LogP contribution in [0.3, 0.4) is 0 Å². The van der Waals surface area contributed by atoms with E-state index in [1.54, 1.807) is 0 Å². The second-order valence-electron chi connectivity index (χ2n) is 4.46. The number of nitrogens with two attached hydrogens (primary N) is 1. The maximum absolute atomic E-state index is 6.18. The van der Waals surface area contributed by atoms with Crippen molar-refractivity contribution in [3.8, 4) is 0 Å². The van der Waals surface area contributed by atoms with Gasteiger partial charge in [-0.2, -0.15) is 0 Å². The van der Waals surface area contributed by atoms with Crippen molar-refractivity contribution in [2.45, 2.75) is 57.9 Å². The minimum absolute atomic E-state index is 0.427. The number of hydrogen-bond acceptors (Lipinski definition) is 2. The molecule has 1 unspecified atom stereocenters. The summed E-state index contributed by atoms with van der Waals surface area (Å²) in [5.41, 5.74) is 6.18. The zero-order valence-electron chi connectivity index (χ0n) is 9.50. The van der Waals surface area contributed by atoms with Gasteiger partial charge in [0, 0.05) is 19.3 Å². The summed E-state index contributed by atoms with van der Waals surface area (Å²) in [6.45, 7) is 4.10. The summed E-state index contributed by atoms with van der Waals surface area (Å²) in [6, 6.07) is 0.427. The highest BCUT2D eigenvalue weighted by Crippen LogP contribution is 2.20. The molecule has 0 spiro atoms. The van der Waals surface area contributed by atoms with E-state index >= 15 is 0 Å². The first-order valence-electron chi connectivity index (χ1n) is 6.18. The molecule has 0 aromatic heterocycles. The molecular formula is C12H25NO. The third-order valence-electron chi connectivity index (χ3n) is 3.26. The smallest absolute Gasteiger partial charge is 0.0469 e. The van der Waals surface area contributed by atoms with E-state index in [1.807, 2.05) is 0 Å². The summed E-state index contributed by atoms with van der Waals surface area (Å²) in [6.07, 6.45) is 8.90. The largest absolute Gasteiger partial charge is 0.381 e. The van der Waals surface area contributed by atoms with Crippen LogP contribution >= 0.6 is 0 Å². The molecule has 1 fully saturated rings. The summed E-state index contributed by atoms with van der Waals surface area (Å²) in [4.78, 5) is 0. The predicted molar refractivity (Wildman–Crippen MR) is 60.3 cm³/mol. The van der Waals surface area contributed by atoms with Crippen LogP contribution < -0.4 is 5.73 Å². The molecule has 0 radical (unpaired) electrons. The third kappa shape index (κ3) is 4.43. The van der Waals surface area contributed by atoms with E-state index in [4.69, 9.17) is 10.5 Å². The van der Waals surface area contributed by atoms with Crippen LogP contribution in [0.1, 0.15) is 51.9 Å². The fourth-order valence-electron chi connectivity index (χ4n) is 2.19. The highest BCUT2D eigenvalue weighted by atomic mass is 16.5. The topological polar surface area (TPSA) is 35.2 Å². The Bertz CT molecular complexity index is 132. The zero-order valence-corrected chi connectivity index (χ0v) is 9.50. The van der Waals surface area contributed by atoms with Gasteiger partial charge in [0.05, 0.1) is 0 Å². The first-order valence-corrected chi connectivity index (χ1v) is 6.18. The molecule has 14 heavy (non-hydrogen) atoms. The Morgan fingerprint density at radius 2 is 1.93 bits per heavy atom. The average Bonchev–Trinajstić information content (AvgIpc) is 2.25. The van der Waals surface area contributed by atoms with E-state index in [0.717, 1.165) is 19.1 Å². The van der Waals surface area contributed by atoms with Crippen LogP contribution in [-0.4, -0.2) is 19.3 Å². The fraction of sp³-hybridized carbons (Fsp3) is 1.00. The predicted octanol–water partition coefficient (Wildman–Crippen LogP) is 2.71. The Hall–Kier alpha value is -0.0800. The van der Waals surface area contributed by atoms with E-state index in [1.165, 1.54) is 44.9 Å². The summed E-state index contributed by atoms with van der Waals surface area (Å²) in [7, 11) is 0. The Balaban J connectivity index is 2.04. The highest BCUT2D eigenvalue weighted by molar-refractivity contribution is 4.75. The molecule has 0 saturated carbocycles. The van der Waals surface area contributed by atoms with E-state index in [0.29, 0.717) is 6.04 Å². The van der Waals surface area contributed by atoms with Crippen molar-refractivity contribution in [3.63, 3.8) is 0 Å². The van der Waals surface area contributed by atoms with Crippen LogP contribution in [0.15, 0.2) is 0 Å². The van der Waals surface area contributed by atoms with Crippen LogP contribution in [0.5, 0.6) is 0 Å². The molecule has 1 saturated heterocycles. The van der Waals surface area contributed by atoms with Crippen LogP contribution in [0.25, 0.3) is 0 Å². The molecule has 0 amide bonds. The minimum atomic E-state index is 0.427. The molecule has 1 rings (SSSR count). The van der Waals surface area contributed by atoms with E-state index in [-0.39, 0.29) is 0 Å². The van der Waals surface area contributed by atoms with Gasteiger partial charge in [-0.1, -0.05) is 32.6 Å². The Morgan fingerprint density at radius 3 is 2.57 bits per heavy atom. The molecule has 1 heterocycles. The van der Waals surface area contributed by atoms with Crippen LogP contribution in [-0.2, 0) is 4.74 Å². The molecule has 2 nitrogen and oxygen atoms in total.